The highest BCUT2D eigenvalue weighted by Gasteiger charge is 2.24. The summed E-state index contributed by atoms with van der Waals surface area (Å²) >= 11 is 0. The first-order valence-corrected chi connectivity index (χ1v) is 11.9. The van der Waals surface area contributed by atoms with Gasteiger partial charge in [-0.25, -0.2) is 8.42 Å². The predicted octanol–water partition coefficient (Wildman–Crippen LogP) is 0.216. The van der Waals surface area contributed by atoms with Crippen LogP contribution in [-0.4, -0.2) is 101 Å². The van der Waals surface area contributed by atoms with Gasteiger partial charge < -0.3 is 19.9 Å². The van der Waals surface area contributed by atoms with E-state index in [4.69, 9.17) is 4.74 Å². The van der Waals surface area contributed by atoms with Gasteiger partial charge in [0.25, 0.3) is 5.91 Å². The van der Waals surface area contributed by atoms with E-state index in [9.17, 15) is 13.2 Å². The number of hydrogen-bond acceptors (Lipinski definition) is 6. The highest BCUT2D eigenvalue weighted by Crippen LogP contribution is 2.14. The topological polar surface area (TPSA) is 82.2 Å². The summed E-state index contributed by atoms with van der Waals surface area (Å²) < 4.78 is 31.6. The standard InChI is InChI=1S/C20H32N4O4S/c1-22-9-11-23(12-10-22)8-2-7-21-20(25)19-5-3-18(4-6-19)17-29(26,27)24-13-15-28-16-14-24/h3-6H,2,7-17H2,1H3,(H,21,25). The van der Waals surface area contributed by atoms with Gasteiger partial charge in [0.1, 0.15) is 0 Å². The van der Waals surface area contributed by atoms with Crippen molar-refractivity contribution in [2.45, 2.75) is 12.2 Å². The molecular weight excluding hydrogens is 392 g/mol. The van der Waals surface area contributed by atoms with Crippen LogP contribution in [-0.2, 0) is 20.5 Å². The van der Waals surface area contributed by atoms with Crippen molar-refractivity contribution in [3.8, 4) is 0 Å². The molecule has 3 rings (SSSR count). The maximum absolute atomic E-state index is 12.5. The van der Waals surface area contributed by atoms with E-state index in [2.05, 4.69) is 22.2 Å². The zero-order valence-electron chi connectivity index (χ0n) is 17.2. The highest BCUT2D eigenvalue weighted by molar-refractivity contribution is 7.88. The number of rotatable bonds is 8. The normalized spacial score (nSPS) is 19.9. The Bertz CT molecular complexity index is 755. The summed E-state index contributed by atoms with van der Waals surface area (Å²) in [5.74, 6) is -0.175. The van der Waals surface area contributed by atoms with Gasteiger partial charge in [-0.05, 0) is 37.7 Å². The van der Waals surface area contributed by atoms with Crippen molar-refractivity contribution in [1.82, 2.24) is 19.4 Å². The smallest absolute Gasteiger partial charge is 0.251 e. The average molecular weight is 425 g/mol. The lowest BCUT2D eigenvalue weighted by atomic mass is 10.1. The number of likely N-dealkylation sites (N-methyl/N-ethyl adjacent to an activating group) is 1. The molecule has 0 aliphatic carbocycles. The third-order valence-corrected chi connectivity index (χ3v) is 7.31. The van der Waals surface area contributed by atoms with Crippen molar-refractivity contribution in [2.24, 2.45) is 0 Å². The van der Waals surface area contributed by atoms with Crippen LogP contribution in [0.15, 0.2) is 24.3 Å². The molecule has 29 heavy (non-hydrogen) atoms. The first-order chi connectivity index (χ1) is 13.9. The van der Waals surface area contributed by atoms with Crippen molar-refractivity contribution in [1.29, 1.82) is 0 Å². The maximum Gasteiger partial charge on any atom is 0.251 e. The Morgan fingerprint density at radius 1 is 1.03 bits per heavy atom. The van der Waals surface area contributed by atoms with Crippen molar-refractivity contribution in [3.63, 3.8) is 0 Å². The molecule has 0 bridgehead atoms. The van der Waals surface area contributed by atoms with E-state index < -0.39 is 10.0 Å². The molecule has 0 saturated carbocycles. The molecule has 1 aromatic rings. The van der Waals surface area contributed by atoms with Crippen LogP contribution in [0.1, 0.15) is 22.3 Å². The molecule has 0 unspecified atom stereocenters. The molecule has 0 atom stereocenters. The van der Waals surface area contributed by atoms with Crippen molar-refractivity contribution >= 4 is 15.9 Å². The molecule has 8 nitrogen and oxygen atoms in total. The van der Waals surface area contributed by atoms with Gasteiger partial charge in [-0.2, -0.15) is 4.31 Å². The third-order valence-electron chi connectivity index (χ3n) is 5.46. The van der Waals surface area contributed by atoms with E-state index in [1.54, 1.807) is 24.3 Å². The van der Waals surface area contributed by atoms with E-state index >= 15 is 0 Å². The lowest BCUT2D eigenvalue weighted by Crippen LogP contribution is -2.45. The molecule has 2 aliphatic rings. The molecule has 0 aromatic heterocycles. The molecule has 162 valence electrons. The number of hydrogen-bond donors (Lipinski definition) is 1. The van der Waals surface area contributed by atoms with Crippen molar-refractivity contribution < 1.29 is 17.9 Å². The number of morpholine rings is 1. The van der Waals surface area contributed by atoms with Gasteiger partial charge in [0.2, 0.25) is 10.0 Å². The Labute approximate surface area is 173 Å². The molecule has 1 amide bonds. The van der Waals surface area contributed by atoms with Crippen LogP contribution in [0.3, 0.4) is 0 Å². The van der Waals surface area contributed by atoms with E-state index in [-0.39, 0.29) is 11.7 Å². The lowest BCUT2D eigenvalue weighted by Gasteiger charge is -2.32. The van der Waals surface area contributed by atoms with E-state index in [1.165, 1.54) is 4.31 Å². The number of ether oxygens (including phenoxy) is 1. The van der Waals surface area contributed by atoms with Gasteiger partial charge in [0.15, 0.2) is 0 Å². The second kappa shape index (κ2) is 10.5. The van der Waals surface area contributed by atoms with Crippen LogP contribution in [0.4, 0.5) is 0 Å². The van der Waals surface area contributed by atoms with E-state index in [0.717, 1.165) is 39.1 Å². The molecule has 2 saturated heterocycles. The number of nitrogens with zero attached hydrogens (tertiary/aromatic N) is 3. The number of amides is 1. The number of benzene rings is 1. The van der Waals surface area contributed by atoms with Crippen LogP contribution in [0.2, 0.25) is 0 Å². The summed E-state index contributed by atoms with van der Waals surface area (Å²) in [6.45, 7) is 7.66. The second-order valence-electron chi connectivity index (χ2n) is 7.72. The second-order valence-corrected chi connectivity index (χ2v) is 9.69. The minimum atomic E-state index is -3.36. The summed E-state index contributed by atoms with van der Waals surface area (Å²) in [4.78, 5) is 17.1. The SMILES string of the molecule is CN1CCN(CCCNC(=O)c2ccc(CS(=O)(=O)N3CCOCC3)cc2)CC1. The Balaban J connectivity index is 1.41. The van der Waals surface area contributed by atoms with Gasteiger partial charge in [-0.15, -0.1) is 0 Å². The number of sulfonamides is 1. The minimum absolute atomic E-state index is 0.0556. The zero-order chi connectivity index (χ0) is 20.7. The molecule has 0 radical (unpaired) electrons. The van der Waals surface area contributed by atoms with E-state index in [0.29, 0.717) is 44.0 Å². The van der Waals surface area contributed by atoms with Gasteiger partial charge in [0.05, 0.1) is 19.0 Å². The molecule has 1 aromatic carbocycles. The highest BCUT2D eigenvalue weighted by atomic mass is 32.2. The summed E-state index contributed by atoms with van der Waals surface area (Å²) in [7, 11) is -1.22. The molecule has 1 N–H and O–H groups in total. The summed E-state index contributed by atoms with van der Waals surface area (Å²) in [5.41, 5.74) is 1.24. The Hall–Kier alpha value is -1.52. The lowest BCUT2D eigenvalue weighted by molar-refractivity contribution is 0.0729. The van der Waals surface area contributed by atoms with E-state index in [1.807, 2.05) is 0 Å². The van der Waals surface area contributed by atoms with Crippen LogP contribution in [0.5, 0.6) is 0 Å². The molecule has 9 heteroatoms. The van der Waals surface area contributed by atoms with Crippen molar-refractivity contribution in [3.05, 3.63) is 35.4 Å². The number of nitrogens with one attached hydrogen (secondary N) is 1. The Morgan fingerprint density at radius 2 is 1.69 bits per heavy atom. The quantitative estimate of drug-likeness (QED) is 0.601. The van der Waals surface area contributed by atoms with Gasteiger partial charge in [-0.3, -0.25) is 4.79 Å². The van der Waals surface area contributed by atoms with Crippen LogP contribution >= 0.6 is 0 Å². The molecule has 2 fully saturated rings. The summed E-state index contributed by atoms with van der Waals surface area (Å²) in [6.07, 6.45) is 0.922. The van der Waals surface area contributed by atoms with Crippen LogP contribution in [0.25, 0.3) is 0 Å². The maximum atomic E-state index is 12.5. The third kappa shape index (κ3) is 6.75. The Morgan fingerprint density at radius 3 is 2.34 bits per heavy atom. The first kappa shape index (κ1) is 22.2. The number of carbonyl (C=O) groups excluding carboxylic acids is 1. The minimum Gasteiger partial charge on any atom is -0.379 e. The molecule has 0 spiro atoms. The zero-order valence-corrected chi connectivity index (χ0v) is 18.0. The average Bonchev–Trinajstić information content (AvgIpc) is 2.73. The van der Waals surface area contributed by atoms with Crippen LogP contribution < -0.4 is 5.32 Å². The van der Waals surface area contributed by atoms with Gasteiger partial charge >= 0.3 is 0 Å². The largest absolute Gasteiger partial charge is 0.379 e. The fraction of sp³-hybridized carbons (Fsp3) is 0.650. The molecular formula is C20H32N4O4S. The molecule has 2 aliphatic heterocycles. The number of carbonyl (C=O) groups is 1. The monoisotopic (exact) mass is 424 g/mol. The summed E-state index contributed by atoms with van der Waals surface area (Å²) in [5, 5.41) is 2.95. The van der Waals surface area contributed by atoms with Gasteiger partial charge in [-0.1, -0.05) is 12.1 Å². The first-order valence-electron chi connectivity index (χ1n) is 10.3. The van der Waals surface area contributed by atoms with Gasteiger partial charge in [0, 0.05) is 51.4 Å². The van der Waals surface area contributed by atoms with Crippen LogP contribution in [0, 0.1) is 0 Å². The predicted molar refractivity (Wildman–Crippen MR) is 112 cm³/mol. The molecule has 2 heterocycles. The van der Waals surface area contributed by atoms with Crippen molar-refractivity contribution in [2.75, 3.05) is 72.6 Å². The Kier molecular flexibility index (Phi) is 8.02. The fourth-order valence-electron chi connectivity index (χ4n) is 3.56. The fourth-order valence-corrected chi connectivity index (χ4v) is 5.06. The summed E-state index contributed by atoms with van der Waals surface area (Å²) in [6, 6.07) is 6.83. The number of piperazine rings is 1.